The molecule has 1 fully saturated rings. The maximum absolute atomic E-state index is 5.20. The molecule has 0 spiro atoms. The third-order valence-corrected chi connectivity index (χ3v) is 2.41. The first-order valence-electron chi connectivity index (χ1n) is 3.65. The van der Waals surface area contributed by atoms with Crippen LogP contribution in [-0.4, -0.2) is 6.61 Å². The van der Waals surface area contributed by atoms with Crippen LogP contribution >= 0.6 is 15.9 Å². The Hall–Kier alpha value is -0.340. The Balaban J connectivity index is 2.39. The van der Waals surface area contributed by atoms with E-state index in [9.17, 15) is 0 Å². The highest BCUT2D eigenvalue weighted by atomic mass is 79.9. The van der Waals surface area contributed by atoms with E-state index in [1.54, 1.807) is 0 Å². The summed E-state index contributed by atoms with van der Waals surface area (Å²) in [7, 11) is 0. The van der Waals surface area contributed by atoms with E-state index in [-0.39, 0.29) is 0 Å². The summed E-state index contributed by atoms with van der Waals surface area (Å²) in [4.78, 5) is 0. The summed E-state index contributed by atoms with van der Waals surface area (Å²) in [6, 6.07) is 6.30. The van der Waals surface area contributed by atoms with E-state index in [0.717, 1.165) is 11.1 Å². The van der Waals surface area contributed by atoms with Crippen molar-refractivity contribution in [3.05, 3.63) is 33.8 Å². The highest BCUT2D eigenvalue weighted by Gasteiger charge is 2.25. The fraction of sp³-hybridized carbons (Fsp3) is 0.333. The topological polar surface area (TPSA) is 12.5 Å². The number of rotatable bonds is 1. The first-order chi connectivity index (χ1) is 5.27. The average molecular weight is 213 g/mol. The highest BCUT2D eigenvalue weighted by Crippen LogP contribution is 2.32. The van der Waals surface area contributed by atoms with E-state index >= 15 is 0 Å². The van der Waals surface area contributed by atoms with Gasteiger partial charge in [-0.3, -0.25) is 0 Å². The largest absolute Gasteiger partial charge is 0.368 e. The van der Waals surface area contributed by atoms with Gasteiger partial charge in [-0.05, 0) is 30.2 Å². The van der Waals surface area contributed by atoms with Gasteiger partial charge in [-0.25, -0.2) is 0 Å². The molecular formula is C9H9BrO. The van der Waals surface area contributed by atoms with Gasteiger partial charge in [0.2, 0.25) is 0 Å². The molecule has 58 valence electrons. The van der Waals surface area contributed by atoms with Gasteiger partial charge < -0.3 is 4.74 Å². The van der Waals surface area contributed by atoms with Crippen molar-refractivity contribution in [1.82, 2.24) is 0 Å². The molecule has 0 aromatic heterocycles. The number of benzene rings is 1. The van der Waals surface area contributed by atoms with Gasteiger partial charge in [0.15, 0.2) is 0 Å². The van der Waals surface area contributed by atoms with Crippen LogP contribution in [-0.2, 0) is 4.74 Å². The number of hydrogen-bond acceptors (Lipinski definition) is 1. The Labute approximate surface area is 74.5 Å². The lowest BCUT2D eigenvalue weighted by molar-refractivity contribution is 0.415. The van der Waals surface area contributed by atoms with Crippen molar-refractivity contribution in [1.29, 1.82) is 0 Å². The maximum Gasteiger partial charge on any atom is 0.106 e. The van der Waals surface area contributed by atoms with Gasteiger partial charge in [-0.1, -0.05) is 22.0 Å². The summed E-state index contributed by atoms with van der Waals surface area (Å²) in [5.74, 6) is 0. The van der Waals surface area contributed by atoms with E-state index < -0.39 is 0 Å². The van der Waals surface area contributed by atoms with Gasteiger partial charge in [0.25, 0.3) is 0 Å². The normalized spacial score (nSPS) is 21.8. The lowest BCUT2D eigenvalue weighted by atomic mass is 10.1. The SMILES string of the molecule is Cc1cc(Br)ccc1C1CO1. The second kappa shape index (κ2) is 2.61. The molecule has 1 aliphatic rings. The molecule has 2 heteroatoms. The van der Waals surface area contributed by atoms with E-state index in [2.05, 4.69) is 41.1 Å². The molecule has 1 aromatic carbocycles. The van der Waals surface area contributed by atoms with Crippen molar-refractivity contribution in [2.75, 3.05) is 6.61 Å². The van der Waals surface area contributed by atoms with Crippen molar-refractivity contribution in [2.45, 2.75) is 13.0 Å². The first-order valence-corrected chi connectivity index (χ1v) is 4.44. The van der Waals surface area contributed by atoms with Crippen LogP contribution in [0.1, 0.15) is 17.2 Å². The average Bonchev–Trinajstić information content (AvgIpc) is 2.70. The Morgan fingerprint density at radius 1 is 1.55 bits per heavy atom. The lowest BCUT2D eigenvalue weighted by Crippen LogP contribution is -1.85. The minimum atomic E-state index is 0.378. The van der Waals surface area contributed by atoms with Crippen LogP contribution in [0.3, 0.4) is 0 Å². The third kappa shape index (κ3) is 1.47. The molecule has 0 saturated carbocycles. The van der Waals surface area contributed by atoms with Gasteiger partial charge >= 0.3 is 0 Å². The summed E-state index contributed by atoms with van der Waals surface area (Å²) in [6.45, 7) is 3.00. The van der Waals surface area contributed by atoms with Crippen molar-refractivity contribution >= 4 is 15.9 Å². The first kappa shape index (κ1) is 7.32. The Kier molecular flexibility index (Phi) is 1.74. The fourth-order valence-electron chi connectivity index (χ4n) is 1.23. The maximum atomic E-state index is 5.20. The van der Waals surface area contributed by atoms with Crippen LogP contribution in [0.25, 0.3) is 0 Å². The molecule has 0 bridgehead atoms. The zero-order valence-corrected chi connectivity index (χ0v) is 7.89. The van der Waals surface area contributed by atoms with E-state index in [4.69, 9.17) is 4.74 Å². The second-order valence-corrected chi connectivity index (χ2v) is 3.74. The van der Waals surface area contributed by atoms with Crippen LogP contribution < -0.4 is 0 Å². The van der Waals surface area contributed by atoms with E-state index in [1.165, 1.54) is 11.1 Å². The van der Waals surface area contributed by atoms with Crippen molar-refractivity contribution in [3.8, 4) is 0 Å². The molecule has 11 heavy (non-hydrogen) atoms. The van der Waals surface area contributed by atoms with Crippen molar-refractivity contribution in [2.24, 2.45) is 0 Å². The molecule has 1 atom stereocenters. The third-order valence-electron chi connectivity index (χ3n) is 1.91. The van der Waals surface area contributed by atoms with Gasteiger partial charge in [0.05, 0.1) is 6.61 Å². The summed E-state index contributed by atoms with van der Waals surface area (Å²) >= 11 is 3.42. The number of ether oxygens (including phenoxy) is 1. The van der Waals surface area contributed by atoms with Gasteiger partial charge in [-0.2, -0.15) is 0 Å². The fourth-order valence-corrected chi connectivity index (χ4v) is 1.70. The molecule has 0 N–H and O–H groups in total. The molecular weight excluding hydrogens is 204 g/mol. The number of hydrogen-bond donors (Lipinski definition) is 0. The minimum Gasteiger partial charge on any atom is -0.368 e. The zero-order valence-electron chi connectivity index (χ0n) is 6.30. The quantitative estimate of drug-likeness (QED) is 0.653. The van der Waals surface area contributed by atoms with E-state index in [0.29, 0.717) is 6.10 Å². The number of halogens is 1. The predicted molar refractivity (Wildman–Crippen MR) is 47.6 cm³/mol. The monoisotopic (exact) mass is 212 g/mol. The molecule has 2 rings (SSSR count). The molecule has 0 amide bonds. The summed E-state index contributed by atoms with van der Waals surface area (Å²) < 4.78 is 6.34. The molecule has 1 unspecified atom stereocenters. The molecule has 1 aliphatic heterocycles. The minimum absolute atomic E-state index is 0.378. The Morgan fingerprint density at radius 3 is 2.82 bits per heavy atom. The van der Waals surface area contributed by atoms with Crippen LogP contribution in [0.5, 0.6) is 0 Å². The van der Waals surface area contributed by atoms with Crippen LogP contribution in [0, 0.1) is 6.92 Å². The molecule has 0 radical (unpaired) electrons. The molecule has 1 heterocycles. The standard InChI is InChI=1S/C9H9BrO/c1-6-4-7(10)2-3-8(6)9-5-11-9/h2-4,9H,5H2,1H3. The predicted octanol–water partition coefficient (Wildman–Crippen LogP) is 2.83. The molecule has 0 aliphatic carbocycles. The molecule has 1 saturated heterocycles. The number of aryl methyl sites for hydroxylation is 1. The van der Waals surface area contributed by atoms with Gasteiger partial charge in [-0.15, -0.1) is 0 Å². The Morgan fingerprint density at radius 2 is 2.27 bits per heavy atom. The summed E-state index contributed by atoms with van der Waals surface area (Å²) in [5, 5.41) is 0. The van der Waals surface area contributed by atoms with Crippen molar-refractivity contribution in [3.63, 3.8) is 0 Å². The van der Waals surface area contributed by atoms with Gasteiger partial charge in [0, 0.05) is 4.47 Å². The summed E-state index contributed by atoms with van der Waals surface area (Å²) in [5.41, 5.74) is 2.63. The smallest absolute Gasteiger partial charge is 0.106 e. The van der Waals surface area contributed by atoms with Crippen LogP contribution in [0.2, 0.25) is 0 Å². The van der Waals surface area contributed by atoms with Gasteiger partial charge in [0.1, 0.15) is 6.10 Å². The van der Waals surface area contributed by atoms with Crippen LogP contribution in [0.15, 0.2) is 22.7 Å². The second-order valence-electron chi connectivity index (χ2n) is 2.82. The van der Waals surface area contributed by atoms with Crippen molar-refractivity contribution < 1.29 is 4.74 Å². The molecule has 1 aromatic rings. The Bertz CT molecular complexity index is 279. The lowest BCUT2D eigenvalue weighted by Gasteiger charge is -2.01. The zero-order chi connectivity index (χ0) is 7.84. The van der Waals surface area contributed by atoms with Crippen LogP contribution in [0.4, 0.5) is 0 Å². The number of epoxide rings is 1. The molecule has 1 nitrogen and oxygen atoms in total. The highest BCUT2D eigenvalue weighted by molar-refractivity contribution is 9.10. The summed E-state index contributed by atoms with van der Waals surface area (Å²) in [6.07, 6.45) is 0.378. The van der Waals surface area contributed by atoms with E-state index in [1.807, 2.05) is 0 Å².